The van der Waals surface area contributed by atoms with Crippen LogP contribution in [0, 0.1) is 5.82 Å². The van der Waals surface area contributed by atoms with Crippen LogP contribution in [0.4, 0.5) is 4.39 Å². The van der Waals surface area contributed by atoms with E-state index in [0.29, 0.717) is 0 Å². The number of fused-ring (bicyclic) bond motifs is 1. The molecule has 0 atom stereocenters. The van der Waals surface area contributed by atoms with Crippen molar-refractivity contribution in [2.75, 3.05) is 5.75 Å². The maximum Gasteiger partial charge on any atom is 0.332 e. The topological polar surface area (TPSA) is 86.8 Å². The lowest BCUT2D eigenvalue weighted by Crippen LogP contribution is -2.37. The van der Waals surface area contributed by atoms with E-state index in [4.69, 9.17) is 0 Å². The molecule has 2 aromatic heterocycles. The number of nitrogens with zero attached hydrogens (tertiary/aromatic N) is 4. The zero-order valence-corrected chi connectivity index (χ0v) is 15.1. The standard InChI is InChI=1S/C17H15FN4O3S/c1-9(23)8-26-15-12-14(21(2)17(25)22(3)16(12)24)19-13(20-15)10-6-4-5-7-11(10)18/h4-7H,8H2,1-3H3. The summed E-state index contributed by atoms with van der Waals surface area (Å²) in [5, 5.41) is 0.362. The molecule has 2 heterocycles. The Morgan fingerprint density at radius 2 is 1.85 bits per heavy atom. The molecule has 7 nitrogen and oxygen atoms in total. The lowest BCUT2D eigenvalue weighted by Gasteiger charge is -2.12. The lowest BCUT2D eigenvalue weighted by atomic mass is 10.2. The minimum atomic E-state index is -0.561. The minimum absolute atomic E-state index is 0.0462. The van der Waals surface area contributed by atoms with Gasteiger partial charge < -0.3 is 0 Å². The van der Waals surface area contributed by atoms with Gasteiger partial charge in [-0.05, 0) is 19.1 Å². The van der Waals surface area contributed by atoms with Crippen LogP contribution in [0.3, 0.4) is 0 Å². The van der Waals surface area contributed by atoms with Crippen LogP contribution in [0.1, 0.15) is 6.92 Å². The molecule has 134 valence electrons. The van der Waals surface area contributed by atoms with Crippen molar-refractivity contribution in [2.45, 2.75) is 11.9 Å². The average Bonchev–Trinajstić information content (AvgIpc) is 2.62. The monoisotopic (exact) mass is 374 g/mol. The lowest BCUT2D eigenvalue weighted by molar-refractivity contribution is -0.114. The molecule has 0 radical (unpaired) electrons. The minimum Gasteiger partial charge on any atom is -0.299 e. The summed E-state index contributed by atoms with van der Waals surface area (Å²) < 4.78 is 16.3. The van der Waals surface area contributed by atoms with Crippen LogP contribution in [-0.2, 0) is 18.9 Å². The Bertz CT molecular complexity index is 1150. The summed E-state index contributed by atoms with van der Waals surface area (Å²) in [7, 11) is 2.83. The van der Waals surface area contributed by atoms with E-state index in [1.54, 1.807) is 6.07 Å². The van der Waals surface area contributed by atoms with E-state index in [1.165, 1.54) is 43.8 Å². The number of aryl methyl sites for hydroxylation is 1. The highest BCUT2D eigenvalue weighted by molar-refractivity contribution is 8.00. The molecule has 0 saturated carbocycles. The molecule has 1 aromatic carbocycles. The zero-order valence-electron chi connectivity index (χ0n) is 14.3. The maximum absolute atomic E-state index is 14.2. The zero-order chi connectivity index (χ0) is 19.0. The number of hydrogen-bond donors (Lipinski definition) is 0. The first-order chi connectivity index (χ1) is 12.3. The number of rotatable bonds is 4. The van der Waals surface area contributed by atoms with Crippen molar-refractivity contribution in [3.63, 3.8) is 0 Å². The Morgan fingerprint density at radius 3 is 2.50 bits per heavy atom. The number of carbonyl (C=O) groups excluding carboxylic acids is 1. The highest BCUT2D eigenvalue weighted by atomic mass is 32.2. The van der Waals surface area contributed by atoms with Gasteiger partial charge in [0.15, 0.2) is 11.5 Å². The van der Waals surface area contributed by atoms with E-state index in [-0.39, 0.29) is 39.0 Å². The molecule has 3 rings (SSSR count). The Hall–Kier alpha value is -2.81. The van der Waals surface area contributed by atoms with Crippen molar-refractivity contribution in [1.82, 2.24) is 19.1 Å². The Balaban J connectivity index is 2.40. The second-order valence-electron chi connectivity index (χ2n) is 5.73. The fourth-order valence-electron chi connectivity index (χ4n) is 2.47. The smallest absolute Gasteiger partial charge is 0.299 e. The summed E-state index contributed by atoms with van der Waals surface area (Å²) in [6.45, 7) is 1.42. The molecular weight excluding hydrogens is 359 g/mol. The van der Waals surface area contributed by atoms with Gasteiger partial charge >= 0.3 is 5.69 Å². The van der Waals surface area contributed by atoms with Gasteiger partial charge in [-0.25, -0.2) is 19.2 Å². The van der Waals surface area contributed by atoms with E-state index in [1.807, 2.05) is 0 Å². The molecule has 0 aliphatic rings. The molecule has 0 bridgehead atoms. The first kappa shape index (κ1) is 18.0. The molecule has 0 N–H and O–H groups in total. The van der Waals surface area contributed by atoms with Crippen LogP contribution in [0.2, 0.25) is 0 Å². The number of thioether (sulfide) groups is 1. The van der Waals surface area contributed by atoms with Gasteiger partial charge in [0.1, 0.15) is 22.0 Å². The molecule has 0 unspecified atom stereocenters. The molecule has 3 aromatic rings. The van der Waals surface area contributed by atoms with Gasteiger partial charge in [-0.15, -0.1) is 0 Å². The summed E-state index contributed by atoms with van der Waals surface area (Å²) in [6, 6.07) is 5.96. The number of halogens is 1. The highest BCUT2D eigenvalue weighted by Crippen LogP contribution is 2.27. The molecule has 0 aliphatic heterocycles. The van der Waals surface area contributed by atoms with E-state index < -0.39 is 17.1 Å². The molecule has 0 aliphatic carbocycles. The summed E-state index contributed by atoms with van der Waals surface area (Å²) in [5.74, 6) is -0.488. The first-order valence-electron chi connectivity index (χ1n) is 7.66. The van der Waals surface area contributed by atoms with Crippen LogP contribution in [0.25, 0.3) is 22.4 Å². The van der Waals surface area contributed by atoms with Crippen LogP contribution < -0.4 is 11.2 Å². The van der Waals surface area contributed by atoms with Crippen molar-refractivity contribution in [2.24, 2.45) is 14.1 Å². The predicted octanol–water partition coefficient (Wildman–Crippen LogP) is 1.51. The largest absolute Gasteiger partial charge is 0.332 e. The van der Waals surface area contributed by atoms with E-state index in [0.717, 1.165) is 16.3 Å². The molecular formula is C17H15FN4O3S. The third-order valence-electron chi connectivity index (χ3n) is 3.79. The van der Waals surface area contributed by atoms with Crippen molar-refractivity contribution >= 4 is 28.6 Å². The van der Waals surface area contributed by atoms with Crippen molar-refractivity contribution < 1.29 is 9.18 Å². The number of aromatic nitrogens is 4. The van der Waals surface area contributed by atoms with E-state index >= 15 is 0 Å². The SMILES string of the molecule is CC(=O)CSc1nc(-c2ccccc2F)nc2c1c(=O)n(C)c(=O)n2C. The molecule has 26 heavy (non-hydrogen) atoms. The average molecular weight is 374 g/mol. The van der Waals surface area contributed by atoms with Gasteiger partial charge in [-0.1, -0.05) is 23.9 Å². The van der Waals surface area contributed by atoms with Crippen LogP contribution in [0.5, 0.6) is 0 Å². The quantitative estimate of drug-likeness (QED) is 0.508. The second-order valence-corrected chi connectivity index (χ2v) is 6.69. The van der Waals surface area contributed by atoms with Gasteiger partial charge in [-0.3, -0.25) is 18.7 Å². The molecule has 0 saturated heterocycles. The Labute approximate surface area is 151 Å². The number of benzene rings is 1. The van der Waals surface area contributed by atoms with Crippen molar-refractivity contribution in [1.29, 1.82) is 0 Å². The Kier molecular flexibility index (Phi) is 4.73. The summed E-state index contributed by atoms with van der Waals surface area (Å²) in [5.41, 5.74) is -0.873. The number of carbonyl (C=O) groups is 1. The fourth-order valence-corrected chi connectivity index (χ4v) is 3.28. The normalized spacial score (nSPS) is 11.1. The van der Waals surface area contributed by atoms with Crippen LogP contribution in [0.15, 0.2) is 38.9 Å². The molecule has 9 heteroatoms. The molecule has 0 fully saturated rings. The first-order valence-corrected chi connectivity index (χ1v) is 8.64. The van der Waals surface area contributed by atoms with Gasteiger partial charge in [0.25, 0.3) is 5.56 Å². The highest BCUT2D eigenvalue weighted by Gasteiger charge is 2.19. The van der Waals surface area contributed by atoms with Gasteiger partial charge in [0.2, 0.25) is 0 Å². The summed E-state index contributed by atoms with van der Waals surface area (Å²) in [6.07, 6.45) is 0. The van der Waals surface area contributed by atoms with Crippen LogP contribution in [-0.4, -0.2) is 30.6 Å². The van der Waals surface area contributed by atoms with Crippen molar-refractivity contribution in [3.05, 3.63) is 50.9 Å². The van der Waals surface area contributed by atoms with E-state index in [2.05, 4.69) is 9.97 Å². The van der Waals surface area contributed by atoms with Crippen molar-refractivity contribution in [3.8, 4) is 11.4 Å². The maximum atomic E-state index is 14.2. The van der Waals surface area contributed by atoms with E-state index in [9.17, 15) is 18.8 Å². The third kappa shape index (κ3) is 3.05. The molecule has 0 amide bonds. The predicted molar refractivity (Wildman–Crippen MR) is 96.8 cm³/mol. The fraction of sp³-hybridized carbons (Fsp3) is 0.235. The van der Waals surface area contributed by atoms with Gasteiger partial charge in [-0.2, -0.15) is 0 Å². The Morgan fingerprint density at radius 1 is 1.15 bits per heavy atom. The summed E-state index contributed by atoms with van der Waals surface area (Å²) in [4.78, 5) is 44.7. The number of hydrogen-bond acceptors (Lipinski definition) is 6. The van der Waals surface area contributed by atoms with Crippen LogP contribution >= 0.6 is 11.8 Å². The second kappa shape index (κ2) is 6.83. The number of Topliss-reactive ketones (excluding diaryl/α,β-unsaturated/α-hetero) is 1. The third-order valence-corrected chi connectivity index (χ3v) is 4.91. The molecule has 0 spiro atoms. The van der Waals surface area contributed by atoms with Gasteiger partial charge in [0.05, 0.1) is 11.3 Å². The summed E-state index contributed by atoms with van der Waals surface area (Å²) >= 11 is 1.06. The van der Waals surface area contributed by atoms with Gasteiger partial charge in [0, 0.05) is 14.1 Å². The number of ketones is 1.